The first-order valence-corrected chi connectivity index (χ1v) is 6.44. The molecule has 3 N–H and O–H groups in total. The molecule has 2 aromatic carbocycles. The van der Waals surface area contributed by atoms with Gasteiger partial charge in [0, 0.05) is 10.6 Å². The van der Waals surface area contributed by atoms with Crippen molar-refractivity contribution in [1.29, 1.82) is 5.41 Å². The van der Waals surface area contributed by atoms with Gasteiger partial charge in [0.25, 0.3) is 0 Å². The number of benzene rings is 2. The minimum Gasteiger partial charge on any atom is -0.487 e. The number of hydrogen-bond donors (Lipinski definition) is 2. The fourth-order valence-electron chi connectivity index (χ4n) is 1.65. The fraction of sp³-hybridized carbons (Fsp3) is 0.0714. The lowest BCUT2D eigenvalue weighted by atomic mass is 10.1. The predicted octanol–water partition coefficient (Wildman–Crippen LogP) is 4.00. The van der Waals surface area contributed by atoms with Crippen molar-refractivity contribution in [3.05, 3.63) is 63.4 Å². The van der Waals surface area contributed by atoms with E-state index in [-0.39, 0.29) is 18.0 Å². The van der Waals surface area contributed by atoms with Crippen LogP contribution >= 0.6 is 23.2 Å². The van der Waals surface area contributed by atoms with E-state index in [1.807, 2.05) is 0 Å². The van der Waals surface area contributed by atoms with Crippen molar-refractivity contribution in [3.8, 4) is 5.75 Å². The van der Waals surface area contributed by atoms with Crippen molar-refractivity contribution in [2.24, 2.45) is 5.73 Å². The molecular formula is C14H11Cl2FN2O. The van der Waals surface area contributed by atoms with Crippen LogP contribution in [0.15, 0.2) is 36.4 Å². The molecule has 3 nitrogen and oxygen atoms in total. The van der Waals surface area contributed by atoms with E-state index in [4.69, 9.17) is 39.1 Å². The van der Waals surface area contributed by atoms with Crippen LogP contribution in [0.25, 0.3) is 0 Å². The first-order valence-electron chi connectivity index (χ1n) is 5.68. The first-order chi connectivity index (χ1) is 9.49. The number of nitrogens with two attached hydrogens (primary N) is 1. The van der Waals surface area contributed by atoms with Crippen molar-refractivity contribution in [1.82, 2.24) is 0 Å². The Morgan fingerprint density at radius 1 is 1.25 bits per heavy atom. The number of rotatable bonds is 4. The number of hydrogen-bond acceptors (Lipinski definition) is 2. The molecule has 20 heavy (non-hydrogen) atoms. The molecule has 0 aliphatic heterocycles. The Bertz CT molecular complexity index is 662. The molecule has 0 unspecified atom stereocenters. The molecule has 104 valence electrons. The van der Waals surface area contributed by atoms with Gasteiger partial charge in [-0.2, -0.15) is 0 Å². The largest absolute Gasteiger partial charge is 0.487 e. The molecule has 0 heterocycles. The number of ether oxygens (including phenoxy) is 1. The smallest absolute Gasteiger partial charge is 0.140 e. The molecule has 0 amide bonds. The SMILES string of the molecule is N=C(N)c1cccc(COc2ccc(Cl)cc2Cl)c1F. The second-order valence-electron chi connectivity index (χ2n) is 4.06. The number of halogens is 3. The first kappa shape index (κ1) is 14.6. The summed E-state index contributed by atoms with van der Waals surface area (Å²) in [5.74, 6) is -0.484. The topological polar surface area (TPSA) is 59.1 Å². The highest BCUT2D eigenvalue weighted by atomic mass is 35.5. The molecule has 0 saturated carbocycles. The summed E-state index contributed by atoms with van der Waals surface area (Å²) >= 11 is 11.7. The van der Waals surface area contributed by atoms with Gasteiger partial charge in [-0.05, 0) is 24.3 Å². The maximum atomic E-state index is 14.0. The van der Waals surface area contributed by atoms with Crippen molar-refractivity contribution in [2.45, 2.75) is 6.61 Å². The van der Waals surface area contributed by atoms with Gasteiger partial charge >= 0.3 is 0 Å². The standard InChI is InChI=1S/C14H11Cl2FN2O/c15-9-4-5-12(11(16)6-9)20-7-8-2-1-3-10(13(8)17)14(18)19/h1-6H,7H2,(H3,18,19). The van der Waals surface area contributed by atoms with Gasteiger partial charge in [0.15, 0.2) is 0 Å². The Morgan fingerprint density at radius 3 is 2.65 bits per heavy atom. The Kier molecular flexibility index (Phi) is 4.47. The van der Waals surface area contributed by atoms with Crippen molar-refractivity contribution in [2.75, 3.05) is 0 Å². The second kappa shape index (κ2) is 6.11. The lowest BCUT2D eigenvalue weighted by Crippen LogP contribution is -2.14. The second-order valence-corrected chi connectivity index (χ2v) is 4.90. The van der Waals surface area contributed by atoms with Crippen LogP contribution in [0.1, 0.15) is 11.1 Å². The van der Waals surface area contributed by atoms with Crippen LogP contribution in [0.3, 0.4) is 0 Å². The molecule has 6 heteroatoms. The van der Waals surface area contributed by atoms with Gasteiger partial charge in [-0.25, -0.2) is 4.39 Å². The Hall–Kier alpha value is -1.78. The molecule has 2 rings (SSSR count). The van der Waals surface area contributed by atoms with Gasteiger partial charge in [-0.1, -0.05) is 35.3 Å². The van der Waals surface area contributed by atoms with Crippen LogP contribution in [-0.2, 0) is 6.61 Å². The van der Waals surface area contributed by atoms with E-state index in [0.717, 1.165) is 0 Å². The lowest BCUT2D eigenvalue weighted by molar-refractivity contribution is 0.300. The van der Waals surface area contributed by atoms with Crippen molar-refractivity contribution < 1.29 is 9.13 Å². The molecule has 0 atom stereocenters. The molecule has 0 fully saturated rings. The zero-order chi connectivity index (χ0) is 14.7. The Morgan fingerprint density at radius 2 is 2.00 bits per heavy atom. The van der Waals surface area contributed by atoms with E-state index < -0.39 is 5.82 Å². The van der Waals surface area contributed by atoms with E-state index in [1.54, 1.807) is 30.3 Å². The summed E-state index contributed by atoms with van der Waals surface area (Å²) in [6, 6.07) is 9.40. The van der Waals surface area contributed by atoms with E-state index in [2.05, 4.69) is 0 Å². The van der Waals surface area contributed by atoms with Gasteiger partial charge in [-0.15, -0.1) is 0 Å². The normalized spacial score (nSPS) is 10.3. The quantitative estimate of drug-likeness (QED) is 0.662. The monoisotopic (exact) mass is 312 g/mol. The van der Waals surface area contributed by atoms with Gasteiger partial charge in [-0.3, -0.25) is 5.41 Å². The third-order valence-corrected chi connectivity index (χ3v) is 3.18. The van der Waals surface area contributed by atoms with Crippen molar-refractivity contribution in [3.63, 3.8) is 0 Å². The zero-order valence-corrected chi connectivity index (χ0v) is 11.8. The summed E-state index contributed by atoms with van der Waals surface area (Å²) in [7, 11) is 0. The average molecular weight is 313 g/mol. The molecule has 0 bridgehead atoms. The molecule has 0 radical (unpaired) electrons. The minimum absolute atomic E-state index is 0.0195. The van der Waals surface area contributed by atoms with Gasteiger partial charge < -0.3 is 10.5 Å². The number of nitrogens with one attached hydrogen (secondary N) is 1. The van der Waals surface area contributed by atoms with E-state index >= 15 is 0 Å². The lowest BCUT2D eigenvalue weighted by Gasteiger charge is -2.10. The van der Waals surface area contributed by atoms with Gasteiger partial charge in [0.2, 0.25) is 0 Å². The summed E-state index contributed by atoms with van der Waals surface area (Å²) < 4.78 is 19.5. The molecule has 2 aromatic rings. The summed E-state index contributed by atoms with van der Waals surface area (Å²) in [4.78, 5) is 0. The van der Waals surface area contributed by atoms with Crippen LogP contribution in [-0.4, -0.2) is 5.84 Å². The predicted molar refractivity (Wildman–Crippen MR) is 78.2 cm³/mol. The molecule has 0 aliphatic rings. The van der Waals surface area contributed by atoms with Crippen LogP contribution in [0.5, 0.6) is 5.75 Å². The summed E-state index contributed by atoms with van der Waals surface area (Å²) in [5.41, 5.74) is 5.64. The Labute approximate surface area is 125 Å². The maximum Gasteiger partial charge on any atom is 0.140 e. The summed E-state index contributed by atoms with van der Waals surface area (Å²) in [6.45, 7) is -0.0195. The van der Waals surface area contributed by atoms with Gasteiger partial charge in [0.1, 0.15) is 24.0 Å². The molecule has 0 aromatic heterocycles. The van der Waals surface area contributed by atoms with Gasteiger partial charge in [0.05, 0.1) is 10.6 Å². The van der Waals surface area contributed by atoms with E-state index in [0.29, 0.717) is 21.4 Å². The maximum absolute atomic E-state index is 14.0. The highest BCUT2D eigenvalue weighted by molar-refractivity contribution is 6.35. The van der Waals surface area contributed by atoms with E-state index in [1.165, 1.54) is 6.07 Å². The average Bonchev–Trinajstić information content (AvgIpc) is 2.39. The van der Waals surface area contributed by atoms with Crippen LogP contribution in [0.2, 0.25) is 10.0 Å². The third kappa shape index (κ3) is 3.21. The molecule has 0 aliphatic carbocycles. The van der Waals surface area contributed by atoms with Crippen LogP contribution < -0.4 is 10.5 Å². The molecule has 0 spiro atoms. The Balaban J connectivity index is 2.19. The third-order valence-electron chi connectivity index (χ3n) is 2.65. The molecule has 0 saturated heterocycles. The molecular weight excluding hydrogens is 302 g/mol. The zero-order valence-electron chi connectivity index (χ0n) is 10.3. The summed E-state index contributed by atoms with van der Waals surface area (Å²) in [5, 5.41) is 8.13. The number of amidine groups is 1. The number of nitrogen functional groups attached to an aromatic ring is 1. The van der Waals surface area contributed by atoms with E-state index in [9.17, 15) is 4.39 Å². The fourth-order valence-corrected chi connectivity index (χ4v) is 2.11. The van der Waals surface area contributed by atoms with Crippen LogP contribution in [0, 0.1) is 11.2 Å². The highest BCUT2D eigenvalue weighted by Crippen LogP contribution is 2.28. The highest BCUT2D eigenvalue weighted by Gasteiger charge is 2.11. The summed E-state index contributed by atoms with van der Waals surface area (Å²) in [6.07, 6.45) is 0. The minimum atomic E-state index is -0.565. The van der Waals surface area contributed by atoms with Crippen LogP contribution in [0.4, 0.5) is 4.39 Å². The van der Waals surface area contributed by atoms with Crippen molar-refractivity contribution >= 4 is 29.0 Å².